The molecule has 164 valence electrons. The number of carbonyl (C=O) groups excluding carboxylic acids is 2. The minimum absolute atomic E-state index is 0.0267. The van der Waals surface area contributed by atoms with E-state index in [1.807, 2.05) is 0 Å². The molecule has 0 bridgehead atoms. The molecule has 10 nitrogen and oxygen atoms in total. The molecular formula is C20H24O10. The van der Waals surface area contributed by atoms with Gasteiger partial charge in [-0.25, -0.2) is 4.79 Å². The fourth-order valence-electron chi connectivity index (χ4n) is 3.21. The Morgan fingerprint density at radius 2 is 1.90 bits per heavy atom. The number of esters is 1. The van der Waals surface area contributed by atoms with Crippen LogP contribution in [-0.2, 0) is 25.7 Å². The van der Waals surface area contributed by atoms with Crippen molar-refractivity contribution in [1.29, 1.82) is 0 Å². The third-order valence-electron chi connectivity index (χ3n) is 5.06. The molecule has 1 fully saturated rings. The second-order valence-corrected chi connectivity index (χ2v) is 7.13. The molecule has 2 aliphatic rings. The standard InChI is InChI=1S/C20H24O10/c21-9-13-15(23)16(24)17(25)18(30-13)29-12-6-2-1-5-11(12)10-28-19(26)20(27)8-4-3-7-14(20)22/h1-2,4-6,8,13,15-18,21,23-25,27H,3,7,9-10H2/t13-,15-,16+,17-,18+,20?/m1/s1. The number of hydrogen-bond donors (Lipinski definition) is 5. The number of para-hydroxylation sites is 1. The average molecular weight is 424 g/mol. The first-order valence-electron chi connectivity index (χ1n) is 9.43. The molecule has 3 rings (SSSR count). The lowest BCUT2D eigenvalue weighted by molar-refractivity contribution is -0.277. The molecule has 5 N–H and O–H groups in total. The molecule has 0 aromatic heterocycles. The number of aliphatic hydroxyl groups is 5. The molecule has 0 spiro atoms. The minimum Gasteiger partial charge on any atom is -0.462 e. The van der Waals surface area contributed by atoms with Crippen LogP contribution < -0.4 is 4.74 Å². The largest absolute Gasteiger partial charge is 0.462 e. The third kappa shape index (κ3) is 4.38. The lowest BCUT2D eigenvalue weighted by Crippen LogP contribution is -2.60. The Kier molecular flexibility index (Phi) is 6.86. The molecule has 10 heteroatoms. The molecular weight excluding hydrogens is 400 g/mol. The van der Waals surface area contributed by atoms with Gasteiger partial charge in [-0.15, -0.1) is 0 Å². The van der Waals surface area contributed by atoms with Gasteiger partial charge in [-0.2, -0.15) is 0 Å². The van der Waals surface area contributed by atoms with Gasteiger partial charge in [-0.1, -0.05) is 24.3 Å². The summed E-state index contributed by atoms with van der Waals surface area (Å²) in [6, 6.07) is 6.27. The zero-order valence-electron chi connectivity index (χ0n) is 16.0. The van der Waals surface area contributed by atoms with Crippen molar-refractivity contribution in [3.05, 3.63) is 42.0 Å². The molecule has 1 aromatic carbocycles. The lowest BCUT2D eigenvalue weighted by atomic mass is 9.90. The van der Waals surface area contributed by atoms with E-state index in [1.165, 1.54) is 12.1 Å². The second kappa shape index (κ2) is 9.21. The van der Waals surface area contributed by atoms with Crippen LogP contribution in [-0.4, -0.2) is 80.2 Å². The maximum Gasteiger partial charge on any atom is 0.350 e. The third-order valence-corrected chi connectivity index (χ3v) is 5.06. The van der Waals surface area contributed by atoms with E-state index >= 15 is 0 Å². The lowest BCUT2D eigenvalue weighted by Gasteiger charge is -2.39. The van der Waals surface area contributed by atoms with E-state index in [4.69, 9.17) is 14.2 Å². The number of benzene rings is 1. The fourth-order valence-corrected chi connectivity index (χ4v) is 3.21. The van der Waals surface area contributed by atoms with Crippen molar-refractivity contribution in [2.75, 3.05) is 6.61 Å². The summed E-state index contributed by atoms with van der Waals surface area (Å²) < 4.78 is 16.0. The van der Waals surface area contributed by atoms with Crippen LogP contribution in [0.1, 0.15) is 18.4 Å². The molecule has 0 radical (unpaired) electrons. The predicted molar refractivity (Wildman–Crippen MR) is 99.0 cm³/mol. The van der Waals surface area contributed by atoms with Crippen LogP contribution in [0.2, 0.25) is 0 Å². The number of allylic oxidation sites excluding steroid dienone is 1. The van der Waals surface area contributed by atoms with Gasteiger partial charge in [-0.05, 0) is 18.6 Å². The van der Waals surface area contributed by atoms with Crippen LogP contribution in [0.15, 0.2) is 36.4 Å². The van der Waals surface area contributed by atoms with Crippen LogP contribution >= 0.6 is 0 Å². The highest BCUT2D eigenvalue weighted by molar-refractivity contribution is 6.09. The van der Waals surface area contributed by atoms with E-state index in [1.54, 1.807) is 18.2 Å². The van der Waals surface area contributed by atoms with E-state index in [0.717, 1.165) is 6.08 Å². The molecule has 1 heterocycles. The number of Topliss-reactive ketones (excluding diaryl/α,β-unsaturated/α-hetero) is 1. The molecule has 1 unspecified atom stereocenters. The Hall–Kier alpha value is -2.34. The zero-order chi connectivity index (χ0) is 21.9. The zero-order valence-corrected chi connectivity index (χ0v) is 16.0. The number of ether oxygens (including phenoxy) is 3. The highest BCUT2D eigenvalue weighted by atomic mass is 16.7. The van der Waals surface area contributed by atoms with Gasteiger partial charge in [0.2, 0.25) is 11.9 Å². The summed E-state index contributed by atoms with van der Waals surface area (Å²) in [4.78, 5) is 24.2. The van der Waals surface area contributed by atoms with E-state index < -0.39 is 54.7 Å². The van der Waals surface area contributed by atoms with Gasteiger partial charge in [0.25, 0.3) is 0 Å². The fraction of sp³-hybridized carbons (Fsp3) is 0.500. The number of aliphatic hydroxyl groups excluding tert-OH is 4. The number of ketones is 1. The van der Waals surface area contributed by atoms with Gasteiger partial charge in [0.1, 0.15) is 36.8 Å². The summed E-state index contributed by atoms with van der Waals surface area (Å²) in [5.74, 6) is -1.64. The number of hydrogen-bond acceptors (Lipinski definition) is 10. The molecule has 0 amide bonds. The molecule has 0 saturated carbocycles. The first-order valence-corrected chi connectivity index (χ1v) is 9.43. The van der Waals surface area contributed by atoms with E-state index in [0.29, 0.717) is 12.0 Å². The van der Waals surface area contributed by atoms with Crippen molar-refractivity contribution >= 4 is 11.8 Å². The van der Waals surface area contributed by atoms with Gasteiger partial charge in [0, 0.05) is 12.0 Å². The van der Waals surface area contributed by atoms with Crippen molar-refractivity contribution in [1.82, 2.24) is 0 Å². The summed E-state index contributed by atoms with van der Waals surface area (Å²) in [6.07, 6.45) is -4.20. The van der Waals surface area contributed by atoms with E-state index in [-0.39, 0.29) is 18.8 Å². The molecule has 1 aliphatic heterocycles. The van der Waals surface area contributed by atoms with Gasteiger partial charge >= 0.3 is 5.97 Å². The van der Waals surface area contributed by atoms with Gasteiger partial charge in [0.15, 0.2) is 5.78 Å². The van der Waals surface area contributed by atoms with Crippen LogP contribution in [0.4, 0.5) is 0 Å². The van der Waals surface area contributed by atoms with E-state index in [9.17, 15) is 35.1 Å². The topological polar surface area (TPSA) is 163 Å². The predicted octanol–water partition coefficient (Wildman–Crippen LogP) is -1.44. The van der Waals surface area contributed by atoms with Crippen molar-refractivity contribution in [3.8, 4) is 5.75 Å². The summed E-state index contributed by atoms with van der Waals surface area (Å²) in [5.41, 5.74) is -2.00. The molecule has 30 heavy (non-hydrogen) atoms. The molecule has 1 aromatic rings. The van der Waals surface area contributed by atoms with Crippen LogP contribution in [0.5, 0.6) is 5.75 Å². The molecule has 1 aliphatic carbocycles. The van der Waals surface area contributed by atoms with Crippen molar-refractivity contribution in [2.24, 2.45) is 0 Å². The monoisotopic (exact) mass is 424 g/mol. The van der Waals surface area contributed by atoms with E-state index in [2.05, 4.69) is 0 Å². The Morgan fingerprint density at radius 3 is 2.60 bits per heavy atom. The van der Waals surface area contributed by atoms with Crippen LogP contribution in [0.25, 0.3) is 0 Å². The van der Waals surface area contributed by atoms with Gasteiger partial charge < -0.3 is 39.7 Å². The Morgan fingerprint density at radius 1 is 1.17 bits per heavy atom. The maximum absolute atomic E-state index is 12.3. The van der Waals surface area contributed by atoms with Crippen LogP contribution in [0.3, 0.4) is 0 Å². The van der Waals surface area contributed by atoms with Crippen molar-refractivity contribution < 1.29 is 49.3 Å². The second-order valence-electron chi connectivity index (χ2n) is 7.13. The summed E-state index contributed by atoms with van der Waals surface area (Å²) in [6.45, 7) is -0.958. The average Bonchev–Trinajstić information content (AvgIpc) is 2.75. The summed E-state index contributed by atoms with van der Waals surface area (Å²) >= 11 is 0. The van der Waals surface area contributed by atoms with Gasteiger partial charge in [0.05, 0.1) is 6.61 Å². The Bertz CT molecular complexity index is 807. The quantitative estimate of drug-likeness (QED) is 0.208. The Balaban J connectivity index is 1.70. The minimum atomic E-state index is -2.33. The highest BCUT2D eigenvalue weighted by Gasteiger charge is 2.45. The maximum atomic E-state index is 12.3. The highest BCUT2D eigenvalue weighted by Crippen LogP contribution is 2.28. The summed E-state index contributed by atoms with van der Waals surface area (Å²) in [5, 5.41) is 49.4. The first kappa shape index (κ1) is 22.3. The SMILES string of the molecule is O=C1CCC=CC1(O)C(=O)OCc1ccccc1O[C@H]1O[C@H](CO)[C@@H](O)[C@H](O)[C@H]1O. The molecule has 1 saturated heterocycles. The smallest absolute Gasteiger partial charge is 0.350 e. The first-order chi connectivity index (χ1) is 14.3. The van der Waals surface area contributed by atoms with Crippen LogP contribution in [0, 0.1) is 0 Å². The Labute approximate surface area is 171 Å². The van der Waals surface area contributed by atoms with Crippen molar-refractivity contribution in [2.45, 2.75) is 55.8 Å². The number of carbonyl (C=O) groups is 2. The van der Waals surface area contributed by atoms with Crippen molar-refractivity contribution in [3.63, 3.8) is 0 Å². The summed E-state index contributed by atoms with van der Waals surface area (Å²) in [7, 11) is 0. The molecule has 6 atom stereocenters. The van der Waals surface area contributed by atoms with Gasteiger partial charge in [-0.3, -0.25) is 4.79 Å². The normalized spacial score (nSPS) is 33.9. The number of rotatable bonds is 6.